The molecule has 11 unspecified atom stereocenters. The number of allylic oxidation sites excluding steroid dienone is 10. The second-order valence-corrected chi connectivity index (χ2v) is 21.5. The van der Waals surface area contributed by atoms with Crippen LogP contribution in [-0.4, -0.2) is 142 Å². The van der Waals surface area contributed by atoms with Crippen molar-refractivity contribution in [3.05, 3.63) is 60.8 Å². The molecule has 0 spiro atoms. The maximum Gasteiger partial charge on any atom is 0.306 e. The molecule has 7 N–H and O–H groups in total. The minimum Gasteiger partial charge on any atom is -0.457 e. The van der Waals surface area contributed by atoms with Crippen LogP contribution in [0.15, 0.2) is 60.8 Å². The fourth-order valence-corrected chi connectivity index (χ4v) is 9.57. The van der Waals surface area contributed by atoms with Crippen LogP contribution in [0.2, 0.25) is 0 Å². The molecule has 0 aliphatic carbocycles. The van der Waals surface area contributed by atoms with Crippen molar-refractivity contribution < 1.29 is 69.0 Å². The highest BCUT2D eigenvalue weighted by Crippen LogP contribution is 2.27. The number of carbonyl (C=O) groups is 1. The first kappa shape index (κ1) is 70.8. The second-order valence-electron chi connectivity index (χ2n) is 21.5. The summed E-state index contributed by atoms with van der Waals surface area (Å²) < 4.78 is 34.4. The smallest absolute Gasteiger partial charge is 0.306 e. The molecule has 0 saturated carbocycles. The van der Waals surface area contributed by atoms with Crippen molar-refractivity contribution in [2.75, 3.05) is 33.0 Å². The predicted molar refractivity (Wildman–Crippen MR) is 307 cm³/mol. The maximum atomic E-state index is 13.1. The SMILES string of the molecule is CC/C=C\C/C=C\C/C=C\C/C=C\CCCCCCC(=O)OC(COCCCCCCCCCCCCCCCC/C=C\CCCCCCCCCC)COC1OC(COC2OC(CO)C(O)C(O)C2O)C(O)C(O)C1O. The molecule has 0 radical (unpaired) electrons. The minimum absolute atomic E-state index is 0.0506. The fourth-order valence-electron chi connectivity index (χ4n) is 9.57. The Morgan fingerprint density at radius 2 is 0.844 bits per heavy atom. The molecular formula is C63H112O14. The van der Waals surface area contributed by atoms with Crippen LogP contribution in [0.4, 0.5) is 0 Å². The number of carbonyl (C=O) groups excluding carboxylic acids is 1. The molecule has 0 bridgehead atoms. The van der Waals surface area contributed by atoms with E-state index in [1.807, 2.05) is 0 Å². The number of ether oxygens (including phenoxy) is 6. The van der Waals surface area contributed by atoms with Crippen LogP contribution in [0.25, 0.3) is 0 Å². The zero-order valence-corrected chi connectivity index (χ0v) is 48.2. The quantitative estimate of drug-likeness (QED) is 0.0172. The number of aliphatic hydroxyl groups is 7. The lowest BCUT2D eigenvalue weighted by Crippen LogP contribution is -2.61. The Bertz CT molecular complexity index is 1500. The van der Waals surface area contributed by atoms with E-state index in [-0.39, 0.29) is 19.6 Å². The Morgan fingerprint density at radius 1 is 0.442 bits per heavy atom. The van der Waals surface area contributed by atoms with E-state index in [4.69, 9.17) is 28.4 Å². The summed E-state index contributed by atoms with van der Waals surface area (Å²) in [5.74, 6) is -0.398. The van der Waals surface area contributed by atoms with Gasteiger partial charge in [-0.15, -0.1) is 0 Å². The zero-order valence-electron chi connectivity index (χ0n) is 48.2. The van der Waals surface area contributed by atoms with Gasteiger partial charge in [0.2, 0.25) is 0 Å². The van der Waals surface area contributed by atoms with Gasteiger partial charge in [-0.05, 0) is 77.0 Å². The van der Waals surface area contributed by atoms with Gasteiger partial charge in [-0.25, -0.2) is 0 Å². The summed E-state index contributed by atoms with van der Waals surface area (Å²) in [6, 6.07) is 0. The van der Waals surface area contributed by atoms with Gasteiger partial charge in [-0.2, -0.15) is 0 Å². The largest absolute Gasteiger partial charge is 0.457 e. The predicted octanol–water partition coefficient (Wildman–Crippen LogP) is 11.6. The van der Waals surface area contributed by atoms with Gasteiger partial charge in [0, 0.05) is 13.0 Å². The highest BCUT2D eigenvalue weighted by Gasteiger charge is 2.47. The first-order valence-corrected chi connectivity index (χ1v) is 30.9. The van der Waals surface area contributed by atoms with E-state index in [2.05, 4.69) is 74.6 Å². The van der Waals surface area contributed by atoms with Crippen LogP contribution in [0.1, 0.15) is 232 Å². The molecule has 0 aromatic rings. The van der Waals surface area contributed by atoms with Crippen molar-refractivity contribution >= 4 is 5.97 Å². The van der Waals surface area contributed by atoms with Crippen LogP contribution in [-0.2, 0) is 33.2 Å². The average molecular weight is 1090 g/mol. The van der Waals surface area contributed by atoms with Gasteiger partial charge in [0.05, 0.1) is 26.4 Å². The molecule has 2 rings (SSSR count). The highest BCUT2D eigenvalue weighted by atomic mass is 16.7. The second kappa shape index (κ2) is 49.5. The third kappa shape index (κ3) is 35.9. The summed E-state index contributed by atoms with van der Waals surface area (Å²) in [4.78, 5) is 13.1. The lowest BCUT2D eigenvalue weighted by Gasteiger charge is -2.42. The van der Waals surface area contributed by atoms with Crippen LogP contribution in [0, 0.1) is 0 Å². The van der Waals surface area contributed by atoms with Crippen molar-refractivity contribution in [3.63, 3.8) is 0 Å². The molecule has 2 fully saturated rings. The van der Waals surface area contributed by atoms with Crippen molar-refractivity contribution in [1.82, 2.24) is 0 Å². The Balaban J connectivity index is 1.68. The first-order valence-electron chi connectivity index (χ1n) is 30.9. The molecular weight excluding hydrogens is 981 g/mol. The number of hydrogen-bond donors (Lipinski definition) is 7. The normalized spacial score (nSPS) is 24.7. The topological polar surface area (TPSA) is 214 Å². The van der Waals surface area contributed by atoms with Gasteiger partial charge in [0.25, 0.3) is 0 Å². The summed E-state index contributed by atoms with van der Waals surface area (Å²) in [5, 5.41) is 72.4. The van der Waals surface area contributed by atoms with Gasteiger partial charge in [-0.1, -0.05) is 209 Å². The van der Waals surface area contributed by atoms with E-state index in [0.29, 0.717) is 13.0 Å². The minimum atomic E-state index is -1.71. The number of rotatable bonds is 50. The molecule has 14 nitrogen and oxygen atoms in total. The van der Waals surface area contributed by atoms with E-state index < -0.39 is 86.7 Å². The molecule has 448 valence electrons. The van der Waals surface area contributed by atoms with Gasteiger partial charge in [-0.3, -0.25) is 4.79 Å². The molecule has 0 aromatic heterocycles. The number of esters is 1. The summed E-state index contributed by atoms with van der Waals surface area (Å²) in [6.07, 6.45) is 45.8. The molecule has 11 atom stereocenters. The Labute approximate surface area is 466 Å². The van der Waals surface area contributed by atoms with E-state index in [9.17, 15) is 40.5 Å². The molecule has 77 heavy (non-hydrogen) atoms. The van der Waals surface area contributed by atoms with Gasteiger partial charge < -0.3 is 64.2 Å². The highest BCUT2D eigenvalue weighted by molar-refractivity contribution is 5.69. The number of hydrogen-bond acceptors (Lipinski definition) is 14. The molecule has 2 aliphatic rings. The average Bonchev–Trinajstić information content (AvgIpc) is 3.43. The van der Waals surface area contributed by atoms with Crippen LogP contribution >= 0.6 is 0 Å². The molecule has 14 heteroatoms. The van der Waals surface area contributed by atoms with E-state index in [0.717, 1.165) is 70.6 Å². The van der Waals surface area contributed by atoms with E-state index in [1.165, 1.54) is 135 Å². The van der Waals surface area contributed by atoms with Crippen LogP contribution in [0.3, 0.4) is 0 Å². The third-order valence-electron chi connectivity index (χ3n) is 14.5. The van der Waals surface area contributed by atoms with Gasteiger partial charge in [0.15, 0.2) is 12.6 Å². The Morgan fingerprint density at radius 3 is 1.34 bits per heavy atom. The lowest BCUT2D eigenvalue weighted by molar-refractivity contribution is -0.332. The van der Waals surface area contributed by atoms with Crippen LogP contribution in [0.5, 0.6) is 0 Å². The van der Waals surface area contributed by atoms with Crippen molar-refractivity contribution in [2.45, 2.75) is 300 Å². The van der Waals surface area contributed by atoms with Gasteiger partial charge in [0.1, 0.15) is 54.9 Å². The van der Waals surface area contributed by atoms with Crippen LogP contribution < -0.4 is 0 Å². The first-order chi connectivity index (χ1) is 37.6. The third-order valence-corrected chi connectivity index (χ3v) is 14.5. The van der Waals surface area contributed by atoms with Crippen molar-refractivity contribution in [1.29, 1.82) is 0 Å². The summed E-state index contributed by atoms with van der Waals surface area (Å²) in [5.41, 5.74) is 0. The Hall–Kier alpha value is -2.31. The number of unbranched alkanes of at least 4 members (excludes halogenated alkanes) is 26. The zero-order chi connectivity index (χ0) is 55.8. The Kier molecular flexibility index (Phi) is 45.5. The fraction of sp³-hybridized carbons (Fsp3) is 0.825. The van der Waals surface area contributed by atoms with Crippen molar-refractivity contribution in [3.8, 4) is 0 Å². The monoisotopic (exact) mass is 1090 g/mol. The number of aliphatic hydroxyl groups excluding tert-OH is 7. The molecule has 2 heterocycles. The van der Waals surface area contributed by atoms with E-state index >= 15 is 0 Å². The lowest BCUT2D eigenvalue weighted by atomic mass is 9.98. The van der Waals surface area contributed by atoms with E-state index in [1.54, 1.807) is 0 Å². The summed E-state index contributed by atoms with van der Waals surface area (Å²) >= 11 is 0. The molecule has 2 aliphatic heterocycles. The summed E-state index contributed by atoms with van der Waals surface area (Å²) in [7, 11) is 0. The molecule has 0 aromatic carbocycles. The molecule has 0 amide bonds. The standard InChI is InChI=1S/C63H112O14/c1-3-5-7-9-11-13-15-17-19-21-22-23-24-25-26-27-28-29-31-33-35-37-39-41-43-45-47-72-49-52(75-55(65)46-44-42-40-38-36-34-32-30-20-18-16-14-12-10-8-6-4-2)50-73-62-61(71)59(69)57(67)54(77-62)51-74-63-60(70)58(68)56(66)53(48-64)76-63/h6,8,12,14,18,20-22,32,34,52-54,56-64,66-71H,3-5,7,9-11,13,15-17,19,23-31,33,35-51H2,1-2H3/b8-6-,14-12-,20-18-,22-21-,34-32-. The maximum absolute atomic E-state index is 13.1. The molecule has 2 saturated heterocycles. The van der Waals surface area contributed by atoms with Crippen molar-refractivity contribution in [2.24, 2.45) is 0 Å². The van der Waals surface area contributed by atoms with Gasteiger partial charge >= 0.3 is 5.97 Å². The summed E-state index contributed by atoms with van der Waals surface area (Å²) in [6.45, 7) is 3.57.